The van der Waals surface area contributed by atoms with Crippen molar-refractivity contribution in [2.75, 3.05) is 6.54 Å². The van der Waals surface area contributed by atoms with Crippen molar-refractivity contribution in [2.45, 2.75) is 25.5 Å². The molecule has 15 heavy (non-hydrogen) atoms. The van der Waals surface area contributed by atoms with Crippen LogP contribution in [0, 0.1) is 5.41 Å². The van der Waals surface area contributed by atoms with E-state index >= 15 is 0 Å². The lowest BCUT2D eigenvalue weighted by atomic mass is 10.4. The Balaban J connectivity index is 4.01. The highest BCUT2D eigenvalue weighted by atomic mass is 32.2. The number of amidine groups is 1. The van der Waals surface area contributed by atoms with Gasteiger partial charge in [-0.2, -0.15) is 4.99 Å². The number of hydrogen-bond acceptors (Lipinski definition) is 3. The summed E-state index contributed by atoms with van der Waals surface area (Å²) in [5, 5.41) is 9.65. The first-order chi connectivity index (χ1) is 6.97. The average Bonchev–Trinajstić information content (AvgIpc) is 2.12. The third-order valence-electron chi connectivity index (χ3n) is 1.44. The highest BCUT2D eigenvalue weighted by molar-refractivity contribution is 8.14. The highest BCUT2D eigenvalue weighted by Crippen LogP contribution is 2.12. The van der Waals surface area contributed by atoms with E-state index in [1.165, 1.54) is 0 Å². The standard InChI is InChI=1S/C8H17N5OS/c1-3-4-12-6(14)5(2)15-8(11)13-7(9)10/h5H,3-4H2,1-2H3,(H,12,14)(H5,9,10,11,13). The minimum atomic E-state index is -0.368. The first kappa shape index (κ1) is 13.8. The molecule has 7 heteroatoms. The molecule has 0 aromatic heterocycles. The van der Waals surface area contributed by atoms with Crippen molar-refractivity contribution in [3.05, 3.63) is 0 Å². The zero-order valence-corrected chi connectivity index (χ0v) is 9.73. The summed E-state index contributed by atoms with van der Waals surface area (Å²) in [6, 6.07) is 0. The number of amides is 1. The van der Waals surface area contributed by atoms with Crippen LogP contribution in [0.2, 0.25) is 0 Å². The van der Waals surface area contributed by atoms with Gasteiger partial charge in [0.05, 0.1) is 5.25 Å². The fraction of sp³-hybridized carbons (Fsp3) is 0.625. The summed E-state index contributed by atoms with van der Waals surface area (Å²) in [5.41, 5.74) is 10.2. The summed E-state index contributed by atoms with van der Waals surface area (Å²) >= 11 is 1.01. The predicted molar refractivity (Wildman–Crippen MR) is 63.9 cm³/mol. The smallest absolute Gasteiger partial charge is 0.233 e. The van der Waals surface area contributed by atoms with E-state index in [0.29, 0.717) is 6.54 Å². The summed E-state index contributed by atoms with van der Waals surface area (Å²) in [5.74, 6) is -0.286. The lowest BCUT2D eigenvalue weighted by Crippen LogP contribution is -2.32. The predicted octanol–water partition coefficient (Wildman–Crippen LogP) is -0.158. The Morgan fingerprint density at radius 1 is 1.60 bits per heavy atom. The maximum Gasteiger partial charge on any atom is 0.233 e. The zero-order valence-electron chi connectivity index (χ0n) is 8.91. The molecule has 0 saturated carbocycles. The van der Waals surface area contributed by atoms with Crippen LogP contribution in [0.1, 0.15) is 20.3 Å². The van der Waals surface area contributed by atoms with Gasteiger partial charge in [-0.05, 0) is 13.3 Å². The van der Waals surface area contributed by atoms with E-state index in [1.807, 2.05) is 6.92 Å². The normalized spacial score (nSPS) is 11.6. The Hall–Kier alpha value is -1.24. The molecule has 1 unspecified atom stereocenters. The maximum absolute atomic E-state index is 11.4. The quantitative estimate of drug-likeness (QED) is 0.397. The van der Waals surface area contributed by atoms with Crippen LogP contribution in [-0.2, 0) is 4.79 Å². The van der Waals surface area contributed by atoms with Crippen LogP contribution in [0.4, 0.5) is 0 Å². The Labute approximate surface area is 93.4 Å². The Morgan fingerprint density at radius 2 is 2.20 bits per heavy atom. The molecule has 1 amide bonds. The molecule has 86 valence electrons. The van der Waals surface area contributed by atoms with Crippen LogP contribution in [0.25, 0.3) is 0 Å². The molecule has 0 fully saturated rings. The highest BCUT2D eigenvalue weighted by Gasteiger charge is 2.14. The van der Waals surface area contributed by atoms with Gasteiger partial charge in [-0.3, -0.25) is 10.2 Å². The average molecular weight is 231 g/mol. The van der Waals surface area contributed by atoms with Crippen LogP contribution in [0.3, 0.4) is 0 Å². The molecule has 6 N–H and O–H groups in total. The van der Waals surface area contributed by atoms with Crippen LogP contribution in [-0.4, -0.2) is 28.8 Å². The van der Waals surface area contributed by atoms with E-state index in [9.17, 15) is 4.79 Å². The summed E-state index contributed by atoms with van der Waals surface area (Å²) in [6.07, 6.45) is 0.883. The van der Waals surface area contributed by atoms with Gasteiger partial charge in [0.15, 0.2) is 11.1 Å². The number of carbonyl (C=O) groups is 1. The van der Waals surface area contributed by atoms with E-state index in [1.54, 1.807) is 6.92 Å². The van der Waals surface area contributed by atoms with E-state index in [2.05, 4.69) is 10.3 Å². The number of carbonyl (C=O) groups excluding carboxylic acids is 1. The monoisotopic (exact) mass is 231 g/mol. The summed E-state index contributed by atoms with van der Waals surface area (Å²) < 4.78 is 0. The van der Waals surface area contributed by atoms with Crippen molar-refractivity contribution in [1.29, 1.82) is 5.41 Å². The van der Waals surface area contributed by atoms with Gasteiger partial charge in [-0.1, -0.05) is 18.7 Å². The van der Waals surface area contributed by atoms with E-state index in [4.69, 9.17) is 16.9 Å². The molecular formula is C8H17N5OS. The fourth-order valence-corrected chi connectivity index (χ4v) is 1.44. The van der Waals surface area contributed by atoms with E-state index in [0.717, 1.165) is 18.2 Å². The van der Waals surface area contributed by atoms with Gasteiger partial charge < -0.3 is 16.8 Å². The number of nitrogens with zero attached hydrogens (tertiary/aromatic N) is 1. The Kier molecular flexibility index (Phi) is 6.52. The molecular weight excluding hydrogens is 214 g/mol. The number of hydrogen-bond donors (Lipinski definition) is 4. The molecule has 0 aromatic rings. The second kappa shape index (κ2) is 7.10. The molecule has 0 saturated heterocycles. The SMILES string of the molecule is CCCNC(=O)C(C)SC(=N)N=C(N)N. The van der Waals surface area contributed by atoms with Gasteiger partial charge in [0.25, 0.3) is 0 Å². The third kappa shape index (κ3) is 6.78. The first-order valence-electron chi connectivity index (χ1n) is 4.60. The van der Waals surface area contributed by atoms with Gasteiger partial charge in [0.2, 0.25) is 5.91 Å². The van der Waals surface area contributed by atoms with Crippen molar-refractivity contribution in [3.8, 4) is 0 Å². The van der Waals surface area contributed by atoms with Gasteiger partial charge in [0, 0.05) is 6.54 Å². The molecule has 6 nitrogen and oxygen atoms in total. The van der Waals surface area contributed by atoms with Crippen molar-refractivity contribution in [2.24, 2.45) is 16.5 Å². The van der Waals surface area contributed by atoms with Crippen molar-refractivity contribution < 1.29 is 4.79 Å². The molecule has 0 rings (SSSR count). The fourth-order valence-electron chi connectivity index (χ4n) is 0.756. The molecule has 0 bridgehead atoms. The second-order valence-corrected chi connectivity index (χ2v) is 4.22. The van der Waals surface area contributed by atoms with E-state index in [-0.39, 0.29) is 22.3 Å². The first-order valence-corrected chi connectivity index (χ1v) is 5.47. The number of thioether (sulfide) groups is 1. The number of nitrogens with one attached hydrogen (secondary N) is 2. The molecule has 0 aliphatic carbocycles. The van der Waals surface area contributed by atoms with Crippen LogP contribution < -0.4 is 16.8 Å². The largest absolute Gasteiger partial charge is 0.370 e. The minimum Gasteiger partial charge on any atom is -0.370 e. The molecule has 0 radical (unpaired) electrons. The summed E-state index contributed by atoms with van der Waals surface area (Å²) in [4.78, 5) is 14.9. The Bertz CT molecular complexity index is 262. The number of guanidine groups is 1. The summed E-state index contributed by atoms with van der Waals surface area (Å²) in [7, 11) is 0. The van der Waals surface area contributed by atoms with Gasteiger partial charge in [-0.15, -0.1) is 0 Å². The molecule has 0 aliphatic heterocycles. The van der Waals surface area contributed by atoms with Gasteiger partial charge >= 0.3 is 0 Å². The number of nitrogens with two attached hydrogens (primary N) is 2. The lowest BCUT2D eigenvalue weighted by Gasteiger charge is -2.09. The number of rotatable bonds is 4. The third-order valence-corrected chi connectivity index (χ3v) is 2.32. The number of aliphatic imine (C=N–C) groups is 1. The van der Waals surface area contributed by atoms with Crippen LogP contribution >= 0.6 is 11.8 Å². The van der Waals surface area contributed by atoms with Crippen molar-refractivity contribution in [1.82, 2.24) is 5.32 Å². The molecule has 0 aromatic carbocycles. The summed E-state index contributed by atoms with van der Waals surface area (Å²) in [6.45, 7) is 4.31. The lowest BCUT2D eigenvalue weighted by molar-refractivity contribution is -0.120. The van der Waals surface area contributed by atoms with Crippen LogP contribution in [0.5, 0.6) is 0 Å². The molecule has 1 atom stereocenters. The second-order valence-electron chi connectivity index (χ2n) is 2.89. The Morgan fingerprint density at radius 3 is 2.67 bits per heavy atom. The van der Waals surface area contributed by atoms with Crippen LogP contribution in [0.15, 0.2) is 4.99 Å². The van der Waals surface area contributed by atoms with Gasteiger partial charge in [-0.25, -0.2) is 0 Å². The van der Waals surface area contributed by atoms with Crippen molar-refractivity contribution in [3.63, 3.8) is 0 Å². The molecule has 0 heterocycles. The zero-order chi connectivity index (χ0) is 11.8. The molecule has 0 aliphatic rings. The maximum atomic E-state index is 11.4. The molecule has 0 spiro atoms. The topological polar surface area (TPSA) is 117 Å². The van der Waals surface area contributed by atoms with E-state index < -0.39 is 0 Å². The van der Waals surface area contributed by atoms with Gasteiger partial charge in [0.1, 0.15) is 0 Å². The van der Waals surface area contributed by atoms with Crippen molar-refractivity contribution >= 4 is 28.8 Å². The minimum absolute atomic E-state index is 0.0610.